The molecule has 0 unspecified atom stereocenters. The van der Waals surface area contributed by atoms with Gasteiger partial charge < -0.3 is 14.2 Å². The first-order valence-corrected chi connectivity index (χ1v) is 16.3. The Morgan fingerprint density at radius 1 is 0.830 bits per heavy atom. The third-order valence-electron chi connectivity index (χ3n) is 8.75. The number of hydrogen-bond acceptors (Lipinski definition) is 6. The van der Waals surface area contributed by atoms with Gasteiger partial charge in [-0.25, -0.2) is 4.79 Å². The van der Waals surface area contributed by atoms with Gasteiger partial charge in [0.05, 0.1) is 17.1 Å². The number of fused-ring (bicyclic) bond motifs is 3. The molecule has 1 fully saturated rings. The maximum Gasteiger partial charge on any atom is 0.411 e. The summed E-state index contributed by atoms with van der Waals surface area (Å²) >= 11 is 0. The number of para-hydroxylation sites is 1. The van der Waals surface area contributed by atoms with Gasteiger partial charge in [-0.3, -0.25) is 9.58 Å². The molecular weight excluding hydrogens is 588 g/mol. The molecule has 0 saturated carbocycles. The van der Waals surface area contributed by atoms with Crippen LogP contribution in [0.5, 0.6) is 11.8 Å². The predicted octanol–water partition coefficient (Wildman–Crippen LogP) is 8.35. The molecular formula is C39H40N4O4. The van der Waals surface area contributed by atoms with Gasteiger partial charge in [-0.05, 0) is 62.8 Å². The first kappa shape index (κ1) is 30.5. The standard InChI is InChI=1S/C39H40N4O4/c1-39(2,3)47-38(44)43-29-18-19-30(43)23-28(22-29)31-16-11-17-32-35(41-42(4)36(31)32)33-20-21-34(45-24-26-12-7-5-8-13-26)40-37(33)46-25-27-14-9-6-10-15-27/h5-17,20-22,29-30H,18-19,23-25H2,1-4H3/t29-,30+/m0/s1. The molecule has 1 amide bonds. The van der Waals surface area contributed by atoms with Gasteiger partial charge >= 0.3 is 6.09 Å². The Morgan fingerprint density at radius 2 is 1.53 bits per heavy atom. The highest BCUT2D eigenvalue weighted by Crippen LogP contribution is 2.43. The number of pyridine rings is 1. The van der Waals surface area contributed by atoms with Crippen LogP contribution in [-0.4, -0.2) is 43.4 Å². The van der Waals surface area contributed by atoms with Crippen molar-refractivity contribution in [2.45, 2.75) is 70.9 Å². The Kier molecular flexibility index (Phi) is 8.18. The number of amides is 1. The second kappa shape index (κ2) is 12.6. The van der Waals surface area contributed by atoms with Crippen LogP contribution in [0.3, 0.4) is 0 Å². The van der Waals surface area contributed by atoms with E-state index in [4.69, 9.17) is 24.3 Å². The summed E-state index contributed by atoms with van der Waals surface area (Å²) in [6.45, 7) is 6.51. The topological polar surface area (TPSA) is 78.7 Å². The summed E-state index contributed by atoms with van der Waals surface area (Å²) in [5.74, 6) is 0.951. The van der Waals surface area contributed by atoms with Gasteiger partial charge in [0.25, 0.3) is 0 Å². The second-order valence-electron chi connectivity index (χ2n) is 13.3. The number of ether oxygens (including phenoxy) is 3. The molecule has 47 heavy (non-hydrogen) atoms. The number of rotatable bonds is 8. The van der Waals surface area contributed by atoms with Crippen molar-refractivity contribution in [3.05, 3.63) is 114 Å². The summed E-state index contributed by atoms with van der Waals surface area (Å²) in [5, 5.41) is 6.05. The molecule has 0 radical (unpaired) electrons. The Hall–Kier alpha value is -5.11. The normalized spacial score (nSPS) is 17.4. The molecule has 2 aromatic heterocycles. The zero-order chi connectivity index (χ0) is 32.5. The van der Waals surface area contributed by atoms with Gasteiger partial charge in [0.15, 0.2) is 0 Å². The lowest BCUT2D eigenvalue weighted by molar-refractivity contribution is 0.0175. The fraction of sp³-hybridized carbons (Fsp3) is 0.308. The number of carbonyl (C=O) groups excluding carboxylic acids is 1. The monoisotopic (exact) mass is 628 g/mol. The Morgan fingerprint density at radius 3 is 2.21 bits per heavy atom. The zero-order valence-electron chi connectivity index (χ0n) is 27.3. The summed E-state index contributed by atoms with van der Waals surface area (Å²) in [6.07, 6.45) is 4.70. The van der Waals surface area contributed by atoms with E-state index in [9.17, 15) is 4.79 Å². The quantitative estimate of drug-likeness (QED) is 0.172. The van der Waals surface area contributed by atoms with E-state index in [0.29, 0.717) is 25.0 Å². The predicted molar refractivity (Wildman–Crippen MR) is 183 cm³/mol. The largest absolute Gasteiger partial charge is 0.473 e. The van der Waals surface area contributed by atoms with Crippen molar-refractivity contribution < 1.29 is 19.0 Å². The maximum absolute atomic E-state index is 13.1. The van der Waals surface area contributed by atoms with Crippen LogP contribution in [0.4, 0.5) is 4.79 Å². The number of benzene rings is 3. The molecule has 7 rings (SSSR count). The van der Waals surface area contributed by atoms with Crippen LogP contribution in [0.2, 0.25) is 0 Å². The molecule has 2 aliphatic heterocycles. The lowest BCUT2D eigenvalue weighted by atomic mass is 9.93. The number of nitrogens with zero attached hydrogens (tertiary/aromatic N) is 4. The number of aromatic nitrogens is 3. The van der Waals surface area contributed by atoms with Crippen LogP contribution in [0, 0.1) is 0 Å². The average molecular weight is 629 g/mol. The van der Waals surface area contributed by atoms with Crippen LogP contribution < -0.4 is 9.47 Å². The van der Waals surface area contributed by atoms with E-state index in [1.165, 1.54) is 5.57 Å². The minimum atomic E-state index is -0.526. The summed E-state index contributed by atoms with van der Waals surface area (Å²) in [5.41, 5.74) is 6.58. The van der Waals surface area contributed by atoms with Gasteiger partial charge in [0.1, 0.15) is 24.5 Å². The lowest BCUT2D eigenvalue weighted by Crippen LogP contribution is -2.45. The molecule has 8 nitrogen and oxygen atoms in total. The molecule has 3 aromatic carbocycles. The molecule has 2 bridgehead atoms. The Balaban J connectivity index is 1.23. The van der Waals surface area contributed by atoms with Crippen molar-refractivity contribution in [2.75, 3.05) is 0 Å². The SMILES string of the molecule is Cn1nc(-c2ccc(OCc3ccccc3)nc2OCc2ccccc2)c2cccc(C3=C[C@@H]4CC[C@H](C3)N4C(=O)OC(C)(C)C)c21. The molecule has 240 valence electrons. The van der Waals surface area contributed by atoms with Crippen LogP contribution in [0.25, 0.3) is 27.7 Å². The van der Waals surface area contributed by atoms with Gasteiger partial charge in [0, 0.05) is 30.1 Å². The first-order valence-electron chi connectivity index (χ1n) is 16.3. The number of hydrogen-bond donors (Lipinski definition) is 0. The van der Waals surface area contributed by atoms with Crippen molar-refractivity contribution in [3.63, 3.8) is 0 Å². The lowest BCUT2D eigenvalue weighted by Gasteiger charge is -2.35. The van der Waals surface area contributed by atoms with Crippen molar-refractivity contribution in [3.8, 4) is 23.0 Å². The van der Waals surface area contributed by atoms with Gasteiger partial charge in [0.2, 0.25) is 11.8 Å². The summed E-state index contributed by atoms with van der Waals surface area (Å²) in [6, 6.07) is 30.4. The van der Waals surface area contributed by atoms with Gasteiger partial charge in [-0.1, -0.05) is 84.9 Å². The van der Waals surface area contributed by atoms with E-state index >= 15 is 0 Å². The van der Waals surface area contributed by atoms with Crippen molar-refractivity contribution >= 4 is 22.6 Å². The van der Waals surface area contributed by atoms with Crippen LogP contribution in [-0.2, 0) is 25.0 Å². The summed E-state index contributed by atoms with van der Waals surface area (Å²) < 4.78 is 20.2. The van der Waals surface area contributed by atoms with Crippen molar-refractivity contribution in [2.24, 2.45) is 7.05 Å². The molecule has 1 saturated heterocycles. The second-order valence-corrected chi connectivity index (χ2v) is 13.3. The fourth-order valence-corrected chi connectivity index (χ4v) is 6.68. The van der Waals surface area contributed by atoms with E-state index in [1.54, 1.807) is 0 Å². The summed E-state index contributed by atoms with van der Waals surface area (Å²) in [7, 11) is 1.98. The number of carbonyl (C=O) groups is 1. The van der Waals surface area contributed by atoms with Crippen LogP contribution >= 0.6 is 0 Å². The molecule has 2 aliphatic rings. The van der Waals surface area contributed by atoms with Crippen molar-refractivity contribution in [1.29, 1.82) is 0 Å². The molecule has 0 spiro atoms. The highest BCUT2D eigenvalue weighted by atomic mass is 16.6. The zero-order valence-corrected chi connectivity index (χ0v) is 27.3. The summed E-state index contributed by atoms with van der Waals surface area (Å²) in [4.78, 5) is 19.9. The maximum atomic E-state index is 13.1. The molecule has 5 aromatic rings. The molecule has 8 heteroatoms. The highest BCUT2D eigenvalue weighted by Gasteiger charge is 2.42. The first-order chi connectivity index (χ1) is 22.7. The van der Waals surface area contributed by atoms with E-state index in [2.05, 4.69) is 24.3 Å². The minimum Gasteiger partial charge on any atom is -0.473 e. The molecule has 4 heterocycles. The van der Waals surface area contributed by atoms with Crippen LogP contribution in [0.1, 0.15) is 56.7 Å². The fourth-order valence-electron chi connectivity index (χ4n) is 6.68. The highest BCUT2D eigenvalue weighted by molar-refractivity contribution is 6.00. The van der Waals surface area contributed by atoms with Crippen molar-refractivity contribution in [1.82, 2.24) is 19.7 Å². The van der Waals surface area contributed by atoms with Gasteiger partial charge in [-0.15, -0.1) is 0 Å². The molecule has 0 aliphatic carbocycles. The minimum absolute atomic E-state index is 0.0205. The molecule has 2 atom stereocenters. The van der Waals surface area contributed by atoms with Crippen LogP contribution in [0.15, 0.2) is 97.1 Å². The Bertz CT molecular complexity index is 1930. The van der Waals surface area contributed by atoms with E-state index in [-0.39, 0.29) is 18.2 Å². The smallest absolute Gasteiger partial charge is 0.411 e. The third-order valence-corrected chi connectivity index (χ3v) is 8.75. The van der Waals surface area contributed by atoms with E-state index in [0.717, 1.165) is 58.1 Å². The Labute approximate surface area is 275 Å². The third kappa shape index (κ3) is 6.45. The average Bonchev–Trinajstić information content (AvgIpc) is 3.55. The molecule has 0 N–H and O–H groups in total. The number of aryl methyl sites for hydroxylation is 1. The van der Waals surface area contributed by atoms with E-state index < -0.39 is 5.60 Å². The van der Waals surface area contributed by atoms with E-state index in [1.807, 2.05) is 110 Å². The van der Waals surface area contributed by atoms with Gasteiger partial charge in [-0.2, -0.15) is 10.1 Å².